The molecule has 0 aliphatic rings. The summed E-state index contributed by atoms with van der Waals surface area (Å²) in [5.41, 5.74) is 1.02. The van der Waals surface area contributed by atoms with Crippen molar-refractivity contribution in [1.29, 1.82) is 0 Å². The van der Waals surface area contributed by atoms with E-state index in [1.807, 2.05) is 6.07 Å². The van der Waals surface area contributed by atoms with E-state index in [4.69, 9.17) is 0 Å². The molecule has 1 amide bonds. The number of hydrogen-bond acceptors (Lipinski definition) is 6. The van der Waals surface area contributed by atoms with E-state index in [9.17, 15) is 19.7 Å². The first-order valence-electron chi connectivity index (χ1n) is 7.50. The zero-order valence-electron chi connectivity index (χ0n) is 13.6. The largest absolute Gasteiger partial charge is 0.469 e. The lowest BCUT2D eigenvalue weighted by Crippen LogP contribution is -2.32. The van der Waals surface area contributed by atoms with Crippen LogP contribution in [0, 0.1) is 10.1 Å². The summed E-state index contributed by atoms with van der Waals surface area (Å²) in [4.78, 5) is 39.8. The molecule has 2 rings (SSSR count). The number of rotatable bonds is 7. The van der Waals surface area contributed by atoms with Crippen molar-refractivity contribution in [2.75, 3.05) is 13.7 Å². The molecule has 0 bridgehead atoms. The second-order valence-electron chi connectivity index (χ2n) is 5.22. The Kier molecular flexibility index (Phi) is 6.16. The summed E-state index contributed by atoms with van der Waals surface area (Å²) in [5, 5.41) is 10.7. The molecule has 25 heavy (non-hydrogen) atoms. The summed E-state index contributed by atoms with van der Waals surface area (Å²) in [6.07, 6.45) is 3.31. The number of nitro groups is 1. The Morgan fingerprint density at radius 1 is 1.24 bits per heavy atom. The molecular formula is C17H17N3O5. The van der Waals surface area contributed by atoms with Crippen molar-refractivity contribution >= 4 is 17.6 Å². The van der Waals surface area contributed by atoms with Crippen LogP contribution in [0.15, 0.2) is 48.8 Å². The molecule has 1 aromatic carbocycles. The third-order valence-corrected chi connectivity index (χ3v) is 3.52. The van der Waals surface area contributed by atoms with Gasteiger partial charge in [-0.3, -0.25) is 24.7 Å². The van der Waals surface area contributed by atoms with Crippen LogP contribution in [0.5, 0.6) is 0 Å². The topological polar surface area (TPSA) is 103 Å². The Bertz CT molecular complexity index is 747. The summed E-state index contributed by atoms with van der Waals surface area (Å²) in [6, 6.07) is 8.92. The monoisotopic (exact) mass is 343 g/mol. The molecule has 0 saturated carbocycles. The Hall–Kier alpha value is -3.29. The molecule has 0 unspecified atom stereocenters. The van der Waals surface area contributed by atoms with E-state index < -0.39 is 10.9 Å². The molecule has 2 aromatic rings. The molecule has 130 valence electrons. The minimum Gasteiger partial charge on any atom is -0.469 e. The summed E-state index contributed by atoms with van der Waals surface area (Å²) < 4.78 is 4.61. The number of amides is 1. The summed E-state index contributed by atoms with van der Waals surface area (Å²) >= 11 is 0. The smallest absolute Gasteiger partial charge is 0.307 e. The van der Waals surface area contributed by atoms with Crippen molar-refractivity contribution in [1.82, 2.24) is 9.88 Å². The number of hydrogen-bond donors (Lipinski definition) is 0. The normalized spacial score (nSPS) is 10.1. The first-order valence-corrected chi connectivity index (χ1v) is 7.50. The second kappa shape index (κ2) is 8.53. The number of non-ortho nitro benzene ring substituents is 1. The number of pyridine rings is 1. The van der Waals surface area contributed by atoms with E-state index >= 15 is 0 Å². The van der Waals surface area contributed by atoms with Gasteiger partial charge in [-0.25, -0.2) is 0 Å². The molecule has 0 atom stereocenters. The van der Waals surface area contributed by atoms with Crippen LogP contribution in [0.3, 0.4) is 0 Å². The maximum absolute atomic E-state index is 12.7. The van der Waals surface area contributed by atoms with E-state index in [2.05, 4.69) is 9.72 Å². The molecule has 1 heterocycles. The molecule has 8 heteroatoms. The lowest BCUT2D eigenvalue weighted by atomic mass is 10.1. The quantitative estimate of drug-likeness (QED) is 0.434. The minimum atomic E-state index is -0.529. The number of carbonyl (C=O) groups excluding carboxylic acids is 2. The number of nitro benzene ring substituents is 1. The van der Waals surface area contributed by atoms with Crippen LogP contribution in [0.25, 0.3) is 0 Å². The van der Waals surface area contributed by atoms with Gasteiger partial charge < -0.3 is 9.64 Å². The number of carbonyl (C=O) groups is 2. The molecule has 0 aliphatic carbocycles. The van der Waals surface area contributed by atoms with Crippen LogP contribution in [0.1, 0.15) is 22.3 Å². The number of methoxy groups -OCH3 is 1. The maximum Gasteiger partial charge on any atom is 0.307 e. The predicted octanol–water partition coefficient (Wildman–Crippen LogP) is 2.20. The second-order valence-corrected chi connectivity index (χ2v) is 5.22. The van der Waals surface area contributed by atoms with Gasteiger partial charge in [0.05, 0.1) is 18.5 Å². The average molecular weight is 343 g/mol. The fraction of sp³-hybridized carbons (Fsp3) is 0.235. The van der Waals surface area contributed by atoms with E-state index in [-0.39, 0.29) is 31.1 Å². The number of ether oxygens (including phenoxy) is 1. The number of aromatic nitrogens is 1. The van der Waals surface area contributed by atoms with Crippen molar-refractivity contribution in [2.24, 2.45) is 0 Å². The highest BCUT2D eigenvalue weighted by Gasteiger charge is 2.18. The summed E-state index contributed by atoms with van der Waals surface area (Å²) in [5.74, 6) is -0.754. The highest BCUT2D eigenvalue weighted by atomic mass is 16.6. The average Bonchev–Trinajstić information content (AvgIpc) is 2.65. The van der Waals surface area contributed by atoms with Crippen molar-refractivity contribution in [3.05, 3.63) is 70.0 Å². The van der Waals surface area contributed by atoms with Crippen molar-refractivity contribution in [2.45, 2.75) is 13.0 Å². The van der Waals surface area contributed by atoms with Crippen LogP contribution >= 0.6 is 0 Å². The highest BCUT2D eigenvalue weighted by molar-refractivity contribution is 5.94. The number of nitrogens with zero attached hydrogens (tertiary/aromatic N) is 3. The van der Waals surface area contributed by atoms with E-state index in [0.717, 1.165) is 5.56 Å². The summed E-state index contributed by atoms with van der Waals surface area (Å²) in [7, 11) is 1.28. The van der Waals surface area contributed by atoms with Gasteiger partial charge in [-0.2, -0.15) is 0 Å². The van der Waals surface area contributed by atoms with Crippen molar-refractivity contribution in [3.63, 3.8) is 0 Å². The van der Waals surface area contributed by atoms with Gasteiger partial charge in [0.25, 0.3) is 11.6 Å². The zero-order valence-corrected chi connectivity index (χ0v) is 13.6. The number of benzene rings is 1. The molecule has 0 spiro atoms. The Morgan fingerprint density at radius 3 is 2.52 bits per heavy atom. The maximum atomic E-state index is 12.7. The van der Waals surface area contributed by atoms with Gasteiger partial charge in [0.2, 0.25) is 0 Å². The lowest BCUT2D eigenvalue weighted by Gasteiger charge is -2.22. The van der Waals surface area contributed by atoms with Crippen LogP contribution in [0.4, 0.5) is 5.69 Å². The zero-order chi connectivity index (χ0) is 18.2. The van der Waals surface area contributed by atoms with E-state index in [0.29, 0.717) is 5.56 Å². The molecule has 0 fully saturated rings. The Balaban J connectivity index is 2.18. The first kappa shape index (κ1) is 18.1. The van der Waals surface area contributed by atoms with Crippen LogP contribution in [-0.2, 0) is 16.1 Å². The van der Waals surface area contributed by atoms with E-state index in [1.165, 1.54) is 36.3 Å². The third kappa shape index (κ3) is 5.10. The van der Waals surface area contributed by atoms with Crippen LogP contribution in [-0.4, -0.2) is 40.3 Å². The fourth-order valence-electron chi connectivity index (χ4n) is 2.20. The SMILES string of the molecule is COC(=O)CCN(Cc1cccnc1)C(=O)c1ccc([N+](=O)[O-])cc1. The number of esters is 1. The van der Waals surface area contributed by atoms with Gasteiger partial charge in [-0.15, -0.1) is 0 Å². The highest BCUT2D eigenvalue weighted by Crippen LogP contribution is 2.15. The van der Waals surface area contributed by atoms with Gasteiger partial charge >= 0.3 is 5.97 Å². The van der Waals surface area contributed by atoms with Gasteiger partial charge in [0.1, 0.15) is 0 Å². The van der Waals surface area contributed by atoms with E-state index in [1.54, 1.807) is 18.5 Å². The predicted molar refractivity (Wildman–Crippen MR) is 88.7 cm³/mol. The van der Waals surface area contributed by atoms with Crippen LogP contribution < -0.4 is 0 Å². The van der Waals surface area contributed by atoms with Crippen LogP contribution in [0.2, 0.25) is 0 Å². The fourth-order valence-corrected chi connectivity index (χ4v) is 2.20. The van der Waals surface area contributed by atoms with Crippen molar-refractivity contribution < 1.29 is 19.2 Å². The lowest BCUT2D eigenvalue weighted by molar-refractivity contribution is -0.384. The van der Waals surface area contributed by atoms with Gasteiger partial charge in [0, 0.05) is 43.2 Å². The minimum absolute atomic E-state index is 0.0511. The Labute approximate surface area is 144 Å². The van der Waals surface area contributed by atoms with Crippen molar-refractivity contribution in [3.8, 4) is 0 Å². The van der Waals surface area contributed by atoms with Gasteiger partial charge in [-0.05, 0) is 23.8 Å². The molecule has 8 nitrogen and oxygen atoms in total. The molecular weight excluding hydrogens is 326 g/mol. The first-order chi connectivity index (χ1) is 12.0. The third-order valence-electron chi connectivity index (χ3n) is 3.52. The molecule has 0 N–H and O–H groups in total. The Morgan fingerprint density at radius 2 is 1.96 bits per heavy atom. The summed E-state index contributed by atoms with van der Waals surface area (Å²) in [6.45, 7) is 0.429. The van der Waals surface area contributed by atoms with Gasteiger partial charge in [-0.1, -0.05) is 6.07 Å². The standard InChI is InChI=1S/C17H17N3O5/c1-25-16(21)8-10-19(12-13-3-2-9-18-11-13)17(22)14-4-6-15(7-5-14)20(23)24/h2-7,9,11H,8,10,12H2,1H3. The molecule has 1 aromatic heterocycles. The molecule has 0 saturated heterocycles. The van der Waals surface area contributed by atoms with Gasteiger partial charge in [0.15, 0.2) is 0 Å². The molecule has 0 aliphatic heterocycles. The molecule has 0 radical (unpaired) electrons.